The predicted molar refractivity (Wildman–Crippen MR) is 71.1 cm³/mol. The van der Waals surface area contributed by atoms with Gasteiger partial charge in [-0.15, -0.1) is 0 Å². The van der Waals surface area contributed by atoms with Crippen LogP contribution in [0.5, 0.6) is 0 Å². The quantitative estimate of drug-likeness (QED) is 0.754. The molecule has 3 rings (SSSR count). The van der Waals surface area contributed by atoms with Crippen molar-refractivity contribution in [3.63, 3.8) is 0 Å². The highest BCUT2D eigenvalue weighted by Gasteiger charge is 2.41. The molecule has 2 unspecified atom stereocenters. The summed E-state index contributed by atoms with van der Waals surface area (Å²) < 4.78 is 10.5. The summed E-state index contributed by atoms with van der Waals surface area (Å²) in [4.78, 5) is 26.0. The lowest BCUT2D eigenvalue weighted by molar-refractivity contribution is -0.155. The molecule has 0 N–H and O–H groups in total. The van der Waals surface area contributed by atoms with E-state index in [4.69, 9.17) is 9.47 Å². The van der Waals surface area contributed by atoms with Gasteiger partial charge in [-0.2, -0.15) is 0 Å². The van der Waals surface area contributed by atoms with Crippen molar-refractivity contribution in [2.45, 2.75) is 18.4 Å². The van der Waals surface area contributed by atoms with Crippen LogP contribution in [0.2, 0.25) is 0 Å². The van der Waals surface area contributed by atoms with Crippen LogP contribution in [0.3, 0.4) is 0 Å². The van der Waals surface area contributed by atoms with Crippen molar-refractivity contribution in [1.82, 2.24) is 4.90 Å². The molecule has 0 spiro atoms. The number of benzene rings is 1. The molecule has 1 aromatic carbocycles. The topological polar surface area (TPSA) is 55.8 Å². The molecule has 0 saturated carbocycles. The van der Waals surface area contributed by atoms with Crippen molar-refractivity contribution >= 4 is 11.9 Å². The van der Waals surface area contributed by atoms with E-state index < -0.39 is 6.10 Å². The Morgan fingerprint density at radius 1 is 1.15 bits per heavy atom. The van der Waals surface area contributed by atoms with Crippen molar-refractivity contribution in [1.29, 1.82) is 0 Å². The zero-order valence-electron chi connectivity index (χ0n) is 11.2. The summed E-state index contributed by atoms with van der Waals surface area (Å²) in [7, 11) is 0. The maximum absolute atomic E-state index is 12.3. The van der Waals surface area contributed by atoms with Crippen LogP contribution in [0.25, 0.3) is 0 Å². The molecule has 5 nitrogen and oxygen atoms in total. The lowest BCUT2D eigenvalue weighted by atomic mass is 9.95. The van der Waals surface area contributed by atoms with Gasteiger partial charge in [0, 0.05) is 19.5 Å². The lowest BCUT2D eigenvalue weighted by Crippen LogP contribution is -2.45. The second kappa shape index (κ2) is 5.63. The third-order valence-electron chi connectivity index (χ3n) is 3.79. The van der Waals surface area contributed by atoms with Crippen LogP contribution in [0.15, 0.2) is 30.3 Å². The van der Waals surface area contributed by atoms with Gasteiger partial charge in [0.15, 0.2) is 6.10 Å². The summed E-state index contributed by atoms with van der Waals surface area (Å²) >= 11 is 0. The Balaban J connectivity index is 1.68. The molecule has 1 amide bonds. The standard InChI is InChI=1S/C15H17NO4/c17-14(16-6-8-19-9-7-16)13-10-12(15(18)20-13)11-4-2-1-3-5-11/h1-5,12-13H,6-10H2. The van der Waals surface area contributed by atoms with E-state index in [9.17, 15) is 9.59 Å². The van der Waals surface area contributed by atoms with E-state index in [1.807, 2.05) is 30.3 Å². The summed E-state index contributed by atoms with van der Waals surface area (Å²) in [5, 5.41) is 0. The van der Waals surface area contributed by atoms with Gasteiger partial charge in [0.05, 0.1) is 19.1 Å². The van der Waals surface area contributed by atoms with Crippen LogP contribution >= 0.6 is 0 Å². The van der Waals surface area contributed by atoms with E-state index in [-0.39, 0.29) is 17.8 Å². The molecule has 0 aliphatic carbocycles. The van der Waals surface area contributed by atoms with Crippen LogP contribution in [0.4, 0.5) is 0 Å². The minimum absolute atomic E-state index is 0.0971. The number of hydrogen-bond donors (Lipinski definition) is 0. The van der Waals surface area contributed by atoms with Gasteiger partial charge >= 0.3 is 5.97 Å². The molecule has 5 heteroatoms. The number of cyclic esters (lactones) is 1. The van der Waals surface area contributed by atoms with Gasteiger partial charge in [-0.25, -0.2) is 0 Å². The summed E-state index contributed by atoms with van der Waals surface area (Å²) in [5.41, 5.74) is 0.912. The summed E-state index contributed by atoms with van der Waals surface area (Å²) in [5.74, 6) is -0.728. The van der Waals surface area contributed by atoms with Gasteiger partial charge in [0.2, 0.25) is 0 Å². The van der Waals surface area contributed by atoms with Gasteiger partial charge in [0.1, 0.15) is 0 Å². The maximum Gasteiger partial charge on any atom is 0.314 e. The zero-order valence-corrected chi connectivity index (χ0v) is 11.2. The molecule has 2 aliphatic rings. The van der Waals surface area contributed by atoms with Crippen LogP contribution < -0.4 is 0 Å². The molecular weight excluding hydrogens is 258 g/mol. The minimum Gasteiger partial charge on any atom is -0.452 e. The lowest BCUT2D eigenvalue weighted by Gasteiger charge is -2.28. The van der Waals surface area contributed by atoms with Crippen molar-refractivity contribution in [2.24, 2.45) is 0 Å². The van der Waals surface area contributed by atoms with E-state index in [1.165, 1.54) is 0 Å². The van der Waals surface area contributed by atoms with Crippen molar-refractivity contribution in [3.8, 4) is 0 Å². The van der Waals surface area contributed by atoms with E-state index >= 15 is 0 Å². The normalized spacial score (nSPS) is 26.4. The number of carbonyl (C=O) groups excluding carboxylic acids is 2. The first-order chi connectivity index (χ1) is 9.75. The number of hydrogen-bond acceptors (Lipinski definition) is 4. The van der Waals surface area contributed by atoms with Crippen LogP contribution in [0.1, 0.15) is 17.9 Å². The second-order valence-electron chi connectivity index (χ2n) is 5.06. The molecular formula is C15H17NO4. The van der Waals surface area contributed by atoms with Crippen molar-refractivity contribution in [3.05, 3.63) is 35.9 Å². The molecule has 2 aliphatic heterocycles. The first-order valence-electron chi connectivity index (χ1n) is 6.87. The fraction of sp³-hybridized carbons (Fsp3) is 0.467. The van der Waals surface area contributed by atoms with Crippen molar-refractivity contribution in [2.75, 3.05) is 26.3 Å². The number of esters is 1. The van der Waals surface area contributed by atoms with Crippen molar-refractivity contribution < 1.29 is 19.1 Å². The van der Waals surface area contributed by atoms with E-state index in [1.54, 1.807) is 4.90 Å². The highest BCUT2D eigenvalue weighted by atomic mass is 16.6. The Kier molecular flexibility index (Phi) is 3.69. The Bertz CT molecular complexity index is 496. The number of ether oxygens (including phenoxy) is 2. The molecule has 0 radical (unpaired) electrons. The molecule has 106 valence electrons. The van der Waals surface area contributed by atoms with E-state index in [0.29, 0.717) is 32.7 Å². The predicted octanol–water partition coefficient (Wildman–Crippen LogP) is 0.944. The van der Waals surface area contributed by atoms with Gasteiger partial charge in [-0.1, -0.05) is 30.3 Å². The number of morpholine rings is 1. The van der Waals surface area contributed by atoms with Crippen LogP contribution in [-0.4, -0.2) is 49.2 Å². The summed E-state index contributed by atoms with van der Waals surface area (Å²) in [6, 6.07) is 9.47. The van der Waals surface area contributed by atoms with Gasteiger partial charge in [-0.05, 0) is 5.56 Å². The highest BCUT2D eigenvalue weighted by Crippen LogP contribution is 2.31. The van der Waals surface area contributed by atoms with Crippen LogP contribution in [0, 0.1) is 0 Å². The Labute approximate surface area is 117 Å². The molecule has 0 bridgehead atoms. The highest BCUT2D eigenvalue weighted by molar-refractivity contribution is 5.89. The van der Waals surface area contributed by atoms with Gasteiger partial charge in [0.25, 0.3) is 5.91 Å². The maximum atomic E-state index is 12.3. The molecule has 20 heavy (non-hydrogen) atoms. The third-order valence-corrected chi connectivity index (χ3v) is 3.79. The minimum atomic E-state index is -0.647. The first kappa shape index (κ1) is 13.1. The summed E-state index contributed by atoms with van der Waals surface area (Å²) in [6.07, 6.45) is -0.218. The van der Waals surface area contributed by atoms with Gasteiger partial charge in [-0.3, -0.25) is 9.59 Å². The number of carbonyl (C=O) groups is 2. The molecule has 2 atom stereocenters. The Hall–Kier alpha value is -1.88. The third kappa shape index (κ3) is 2.54. The average Bonchev–Trinajstić information content (AvgIpc) is 2.90. The smallest absolute Gasteiger partial charge is 0.314 e. The molecule has 2 heterocycles. The number of rotatable bonds is 2. The molecule has 1 aromatic rings. The fourth-order valence-electron chi connectivity index (χ4n) is 2.68. The molecule has 2 saturated heterocycles. The van der Waals surface area contributed by atoms with Gasteiger partial charge < -0.3 is 14.4 Å². The zero-order chi connectivity index (χ0) is 13.9. The number of amides is 1. The average molecular weight is 275 g/mol. The summed E-state index contributed by atoms with van der Waals surface area (Å²) in [6.45, 7) is 2.24. The number of nitrogens with zero attached hydrogens (tertiary/aromatic N) is 1. The van der Waals surface area contributed by atoms with E-state index in [2.05, 4.69) is 0 Å². The molecule has 0 aromatic heterocycles. The first-order valence-corrected chi connectivity index (χ1v) is 6.87. The Morgan fingerprint density at radius 2 is 1.85 bits per heavy atom. The molecule has 2 fully saturated rings. The Morgan fingerprint density at radius 3 is 2.55 bits per heavy atom. The fourth-order valence-corrected chi connectivity index (χ4v) is 2.68. The monoisotopic (exact) mass is 275 g/mol. The van der Waals surface area contributed by atoms with E-state index in [0.717, 1.165) is 5.56 Å². The largest absolute Gasteiger partial charge is 0.452 e. The van der Waals surface area contributed by atoms with Crippen LogP contribution in [-0.2, 0) is 19.1 Å². The second-order valence-corrected chi connectivity index (χ2v) is 5.06. The SMILES string of the molecule is O=C1OC(C(=O)N2CCOCC2)CC1c1ccccc1.